The van der Waals surface area contributed by atoms with Crippen LogP contribution < -0.4 is 4.57 Å². The molecule has 0 spiro atoms. The molecule has 0 aliphatic carbocycles. The summed E-state index contributed by atoms with van der Waals surface area (Å²) in [5, 5.41) is 0. The van der Waals surface area contributed by atoms with E-state index in [-0.39, 0.29) is 5.82 Å². The molecule has 0 aliphatic rings. The zero-order chi connectivity index (χ0) is 11.8. The highest BCUT2D eigenvalue weighted by atomic mass is 19.1. The molecule has 0 N–H and O–H groups in total. The Labute approximate surface area is 97.1 Å². The van der Waals surface area contributed by atoms with Gasteiger partial charge in [-0.15, -0.1) is 0 Å². The minimum Gasteiger partial charge on any atom is -0.414 e. The second kappa shape index (κ2) is 3.66. The smallest absolute Gasteiger partial charge is 0.368 e. The lowest BCUT2D eigenvalue weighted by atomic mass is 10.2. The minimum absolute atomic E-state index is 0.304. The quantitative estimate of drug-likeness (QED) is 0.600. The van der Waals surface area contributed by atoms with Crippen LogP contribution in [0.25, 0.3) is 22.7 Å². The van der Waals surface area contributed by atoms with Gasteiger partial charge in [0.15, 0.2) is 0 Å². The van der Waals surface area contributed by atoms with E-state index in [1.165, 1.54) is 6.07 Å². The van der Waals surface area contributed by atoms with E-state index in [4.69, 9.17) is 4.42 Å². The van der Waals surface area contributed by atoms with Crippen LogP contribution in [-0.2, 0) is 7.05 Å². The maximum Gasteiger partial charge on any atom is 0.368 e. The number of rotatable bonds is 1. The van der Waals surface area contributed by atoms with Gasteiger partial charge in [-0.05, 0) is 29.2 Å². The Balaban J connectivity index is 2.32. The normalized spacial score (nSPS) is 10.9. The van der Waals surface area contributed by atoms with Crippen LogP contribution in [0.2, 0.25) is 0 Å². The molecule has 1 aromatic carbocycles. The number of pyridine rings is 1. The molecule has 3 aromatic rings. The maximum absolute atomic E-state index is 13.7. The zero-order valence-electron chi connectivity index (χ0n) is 9.22. The number of halogens is 1. The molecule has 0 unspecified atom stereocenters. The average Bonchev–Trinajstić information content (AvgIpc) is 2.68. The van der Waals surface area contributed by atoms with Gasteiger partial charge >= 0.3 is 11.5 Å². The molecule has 0 aliphatic heterocycles. The first-order valence-corrected chi connectivity index (χ1v) is 5.26. The lowest BCUT2D eigenvalue weighted by molar-refractivity contribution is -0.639. The molecule has 4 heteroatoms. The van der Waals surface area contributed by atoms with E-state index in [2.05, 4.69) is 4.98 Å². The maximum atomic E-state index is 13.7. The van der Waals surface area contributed by atoms with Crippen LogP contribution in [0.5, 0.6) is 0 Å². The summed E-state index contributed by atoms with van der Waals surface area (Å²) in [7, 11) is 1.81. The highest BCUT2D eigenvalue weighted by Gasteiger charge is 2.21. The Morgan fingerprint density at radius 3 is 2.76 bits per heavy atom. The molecule has 0 saturated carbocycles. The third-order valence-electron chi connectivity index (χ3n) is 2.68. The first-order valence-electron chi connectivity index (χ1n) is 5.26. The number of hydrogen-bond acceptors (Lipinski definition) is 2. The van der Waals surface area contributed by atoms with Crippen LogP contribution in [0.15, 0.2) is 47.0 Å². The molecule has 3 rings (SSSR count). The van der Waals surface area contributed by atoms with Gasteiger partial charge in [-0.25, -0.2) is 4.39 Å². The molecule has 0 atom stereocenters. The van der Waals surface area contributed by atoms with Crippen molar-refractivity contribution in [3.8, 4) is 11.5 Å². The second-order valence-corrected chi connectivity index (χ2v) is 3.77. The standard InChI is InChI=1S/C13H10FN2O/c1-16-12-11(7-4-8-15-12)17-13(16)9-5-2-3-6-10(9)14/h2-8H,1H3/q+1. The van der Waals surface area contributed by atoms with Gasteiger partial charge in [-0.2, -0.15) is 4.57 Å². The summed E-state index contributed by atoms with van der Waals surface area (Å²) in [6.07, 6.45) is 1.68. The van der Waals surface area contributed by atoms with Crippen molar-refractivity contribution in [3.05, 3.63) is 48.4 Å². The minimum atomic E-state index is -0.304. The topological polar surface area (TPSA) is 29.9 Å². The van der Waals surface area contributed by atoms with E-state index in [9.17, 15) is 4.39 Å². The number of nitrogens with zero attached hydrogens (tertiary/aromatic N) is 2. The van der Waals surface area contributed by atoms with Gasteiger partial charge in [0, 0.05) is 0 Å². The Bertz CT molecular complexity index is 691. The summed E-state index contributed by atoms with van der Waals surface area (Å²) in [5.74, 6) is 0.166. The van der Waals surface area contributed by atoms with Crippen LogP contribution in [0.1, 0.15) is 0 Å². The largest absolute Gasteiger partial charge is 0.414 e. The van der Waals surface area contributed by atoms with Crippen molar-refractivity contribution in [2.45, 2.75) is 0 Å². The monoisotopic (exact) mass is 229 g/mol. The molecule has 2 heterocycles. The van der Waals surface area contributed by atoms with Crippen LogP contribution in [-0.4, -0.2) is 4.98 Å². The van der Waals surface area contributed by atoms with Crippen molar-refractivity contribution in [1.29, 1.82) is 0 Å². The number of benzene rings is 1. The molecule has 2 aromatic heterocycles. The summed E-state index contributed by atoms with van der Waals surface area (Å²) in [6.45, 7) is 0. The van der Waals surface area contributed by atoms with E-state index >= 15 is 0 Å². The Morgan fingerprint density at radius 2 is 2.00 bits per heavy atom. The van der Waals surface area contributed by atoms with Gasteiger partial charge in [0.25, 0.3) is 0 Å². The van der Waals surface area contributed by atoms with Crippen LogP contribution in [0, 0.1) is 5.82 Å². The number of fused-ring (bicyclic) bond motifs is 1. The molecule has 0 saturated heterocycles. The number of aryl methyl sites for hydroxylation is 1. The number of hydrogen-bond donors (Lipinski definition) is 0. The van der Waals surface area contributed by atoms with E-state index in [1.54, 1.807) is 42.1 Å². The SMILES string of the molecule is C[n+]1c(-c2ccccc2F)oc2cccnc21. The van der Waals surface area contributed by atoms with Crippen molar-refractivity contribution in [1.82, 2.24) is 4.98 Å². The molecule has 0 radical (unpaired) electrons. The first kappa shape index (κ1) is 9.96. The van der Waals surface area contributed by atoms with Gasteiger partial charge in [0.05, 0.1) is 12.6 Å². The summed E-state index contributed by atoms with van der Waals surface area (Å²) in [5.41, 5.74) is 1.78. The van der Waals surface area contributed by atoms with Gasteiger partial charge in [-0.1, -0.05) is 12.1 Å². The lowest BCUT2D eigenvalue weighted by Crippen LogP contribution is -2.29. The van der Waals surface area contributed by atoms with Crippen molar-refractivity contribution in [3.63, 3.8) is 0 Å². The van der Waals surface area contributed by atoms with Gasteiger partial charge in [-0.3, -0.25) is 0 Å². The average molecular weight is 229 g/mol. The van der Waals surface area contributed by atoms with Gasteiger partial charge < -0.3 is 4.42 Å². The number of oxazole rings is 1. The highest BCUT2D eigenvalue weighted by molar-refractivity contribution is 5.67. The molecule has 0 fully saturated rings. The fourth-order valence-electron chi connectivity index (χ4n) is 1.85. The second-order valence-electron chi connectivity index (χ2n) is 3.77. The Kier molecular flexibility index (Phi) is 2.14. The molecule has 17 heavy (non-hydrogen) atoms. The van der Waals surface area contributed by atoms with Gasteiger partial charge in [0.2, 0.25) is 5.58 Å². The Morgan fingerprint density at radius 1 is 1.18 bits per heavy atom. The van der Waals surface area contributed by atoms with Crippen LogP contribution >= 0.6 is 0 Å². The van der Waals surface area contributed by atoms with E-state index in [0.29, 0.717) is 22.7 Å². The molecule has 0 bridgehead atoms. The Hall–Kier alpha value is -2.23. The van der Waals surface area contributed by atoms with Crippen molar-refractivity contribution >= 4 is 11.2 Å². The summed E-state index contributed by atoms with van der Waals surface area (Å²) in [6, 6.07) is 10.1. The van der Waals surface area contributed by atoms with E-state index < -0.39 is 0 Å². The third kappa shape index (κ3) is 1.49. The fraction of sp³-hybridized carbons (Fsp3) is 0.0769. The lowest BCUT2D eigenvalue weighted by Gasteiger charge is -1.96. The van der Waals surface area contributed by atoms with E-state index in [0.717, 1.165) is 0 Å². The molecular formula is C13H10FN2O+. The third-order valence-corrected chi connectivity index (χ3v) is 2.68. The molecule has 0 amide bonds. The van der Waals surface area contributed by atoms with Crippen molar-refractivity contribution in [2.75, 3.05) is 0 Å². The molecule has 84 valence electrons. The summed E-state index contributed by atoms with van der Waals surface area (Å²) >= 11 is 0. The zero-order valence-corrected chi connectivity index (χ0v) is 9.22. The van der Waals surface area contributed by atoms with Crippen LogP contribution in [0.3, 0.4) is 0 Å². The molecular weight excluding hydrogens is 219 g/mol. The van der Waals surface area contributed by atoms with E-state index in [1.807, 2.05) is 6.07 Å². The van der Waals surface area contributed by atoms with Gasteiger partial charge in [0.1, 0.15) is 12.0 Å². The predicted octanol–water partition coefficient (Wildman–Crippen LogP) is 2.46. The summed E-state index contributed by atoms with van der Waals surface area (Å²) < 4.78 is 21.1. The van der Waals surface area contributed by atoms with Crippen molar-refractivity contribution in [2.24, 2.45) is 7.05 Å². The summed E-state index contributed by atoms with van der Waals surface area (Å²) in [4.78, 5) is 4.20. The fourth-order valence-corrected chi connectivity index (χ4v) is 1.85. The van der Waals surface area contributed by atoms with Crippen molar-refractivity contribution < 1.29 is 13.4 Å². The predicted molar refractivity (Wildman–Crippen MR) is 60.6 cm³/mol. The highest BCUT2D eigenvalue weighted by Crippen LogP contribution is 2.23. The number of aromatic nitrogens is 2. The first-order chi connectivity index (χ1) is 8.27. The van der Waals surface area contributed by atoms with Crippen LogP contribution in [0.4, 0.5) is 4.39 Å². The molecule has 3 nitrogen and oxygen atoms in total.